The van der Waals surface area contributed by atoms with Gasteiger partial charge in [0.2, 0.25) is 5.91 Å². The van der Waals surface area contributed by atoms with Crippen molar-refractivity contribution in [1.82, 2.24) is 4.90 Å². The van der Waals surface area contributed by atoms with Crippen LogP contribution in [0.25, 0.3) is 11.1 Å². The molecule has 0 radical (unpaired) electrons. The van der Waals surface area contributed by atoms with E-state index in [1.807, 2.05) is 30.3 Å². The third kappa shape index (κ3) is 4.78. The van der Waals surface area contributed by atoms with Gasteiger partial charge in [-0.3, -0.25) is 9.69 Å². The Morgan fingerprint density at radius 2 is 1.57 bits per heavy atom. The summed E-state index contributed by atoms with van der Waals surface area (Å²) in [6, 6.07) is 21.2. The van der Waals surface area contributed by atoms with Crippen molar-refractivity contribution < 1.29 is 14.3 Å². The van der Waals surface area contributed by atoms with Gasteiger partial charge in [-0.15, -0.1) is 0 Å². The van der Waals surface area contributed by atoms with Gasteiger partial charge >= 0.3 is 0 Å². The summed E-state index contributed by atoms with van der Waals surface area (Å²) in [4.78, 5) is 16.7. The molecule has 3 aromatic rings. The van der Waals surface area contributed by atoms with Crippen LogP contribution in [0.4, 0.5) is 15.8 Å². The predicted octanol–water partition coefficient (Wildman–Crippen LogP) is 3.96. The van der Waals surface area contributed by atoms with Gasteiger partial charge in [0.15, 0.2) is 0 Å². The van der Waals surface area contributed by atoms with Crippen LogP contribution in [0.5, 0.6) is 5.75 Å². The maximum atomic E-state index is 14.0. The first-order valence-electron chi connectivity index (χ1n) is 10.00. The first kappa shape index (κ1) is 19.9. The fourth-order valence-corrected chi connectivity index (χ4v) is 3.66. The van der Waals surface area contributed by atoms with Crippen molar-refractivity contribution in [1.29, 1.82) is 0 Å². The van der Waals surface area contributed by atoms with E-state index in [1.165, 1.54) is 6.07 Å². The Bertz CT molecular complexity index is 998. The number of aromatic hydroxyl groups is 1. The van der Waals surface area contributed by atoms with E-state index in [0.29, 0.717) is 17.8 Å². The predicted molar refractivity (Wildman–Crippen MR) is 117 cm³/mol. The van der Waals surface area contributed by atoms with Crippen molar-refractivity contribution >= 4 is 17.3 Å². The molecule has 1 aliphatic rings. The van der Waals surface area contributed by atoms with Gasteiger partial charge in [-0.2, -0.15) is 0 Å². The molecular weight excluding hydrogens is 381 g/mol. The van der Waals surface area contributed by atoms with E-state index in [9.17, 15) is 14.3 Å². The lowest BCUT2D eigenvalue weighted by atomic mass is 10.0. The first-order valence-corrected chi connectivity index (χ1v) is 10.00. The molecule has 0 bridgehead atoms. The molecule has 1 heterocycles. The number of nitrogens with one attached hydrogen (secondary N) is 1. The van der Waals surface area contributed by atoms with E-state index in [-0.39, 0.29) is 17.5 Å². The molecule has 2 N–H and O–H groups in total. The normalized spacial score (nSPS) is 14.5. The van der Waals surface area contributed by atoms with Gasteiger partial charge in [0, 0.05) is 43.1 Å². The number of carbonyl (C=O) groups is 1. The van der Waals surface area contributed by atoms with Crippen LogP contribution >= 0.6 is 0 Å². The van der Waals surface area contributed by atoms with Gasteiger partial charge in [-0.1, -0.05) is 30.3 Å². The maximum absolute atomic E-state index is 14.0. The summed E-state index contributed by atoms with van der Waals surface area (Å²) in [5.74, 6) is -0.112. The minimum absolute atomic E-state index is 0.0663. The minimum Gasteiger partial charge on any atom is -0.508 e. The Hall–Kier alpha value is -3.38. The van der Waals surface area contributed by atoms with Gasteiger partial charge in [0.1, 0.15) is 11.6 Å². The average molecular weight is 405 g/mol. The molecule has 0 spiro atoms. The molecule has 1 amide bonds. The summed E-state index contributed by atoms with van der Waals surface area (Å²) >= 11 is 0. The van der Waals surface area contributed by atoms with Crippen LogP contribution in [0.2, 0.25) is 0 Å². The number of hydrogen-bond donors (Lipinski definition) is 2. The lowest BCUT2D eigenvalue weighted by Crippen LogP contribution is -2.48. The molecule has 0 atom stereocenters. The summed E-state index contributed by atoms with van der Waals surface area (Å²) in [6.07, 6.45) is 0. The first-order chi connectivity index (χ1) is 14.6. The lowest BCUT2D eigenvalue weighted by molar-refractivity contribution is -0.117. The largest absolute Gasteiger partial charge is 0.508 e. The Balaban J connectivity index is 1.29. The highest BCUT2D eigenvalue weighted by atomic mass is 19.1. The molecule has 0 unspecified atom stereocenters. The van der Waals surface area contributed by atoms with E-state index >= 15 is 0 Å². The molecule has 0 aromatic heterocycles. The number of phenolic OH excluding ortho intramolecular Hbond substituents is 1. The minimum atomic E-state index is -0.218. The van der Waals surface area contributed by atoms with Crippen molar-refractivity contribution in [3.8, 4) is 16.9 Å². The molecule has 6 heteroatoms. The van der Waals surface area contributed by atoms with Crippen LogP contribution in [0.15, 0.2) is 72.8 Å². The number of anilines is 2. The number of carbonyl (C=O) groups excluding carboxylic acids is 1. The Morgan fingerprint density at radius 3 is 2.23 bits per heavy atom. The van der Waals surface area contributed by atoms with E-state index in [0.717, 1.165) is 37.4 Å². The van der Waals surface area contributed by atoms with Crippen LogP contribution in [0, 0.1) is 5.82 Å². The van der Waals surface area contributed by atoms with Crippen molar-refractivity contribution in [3.63, 3.8) is 0 Å². The number of nitrogens with zero attached hydrogens (tertiary/aromatic N) is 2. The average Bonchev–Trinajstić information content (AvgIpc) is 2.76. The van der Waals surface area contributed by atoms with E-state index in [1.54, 1.807) is 36.4 Å². The molecule has 4 rings (SSSR count). The number of hydrogen-bond acceptors (Lipinski definition) is 4. The Kier molecular flexibility index (Phi) is 5.95. The molecule has 30 heavy (non-hydrogen) atoms. The van der Waals surface area contributed by atoms with E-state index in [2.05, 4.69) is 15.1 Å². The number of benzene rings is 3. The molecule has 3 aromatic carbocycles. The number of phenols is 1. The number of piperazine rings is 1. The zero-order chi connectivity index (χ0) is 20.9. The van der Waals surface area contributed by atoms with Gasteiger partial charge in [-0.25, -0.2) is 4.39 Å². The van der Waals surface area contributed by atoms with Crippen LogP contribution in [-0.2, 0) is 4.79 Å². The van der Waals surface area contributed by atoms with Gasteiger partial charge in [0.25, 0.3) is 0 Å². The van der Waals surface area contributed by atoms with Gasteiger partial charge in [0.05, 0.1) is 6.54 Å². The topological polar surface area (TPSA) is 55.8 Å². The molecule has 1 aliphatic heterocycles. The standard InChI is InChI=1S/C24H24FN3O2/c25-23-4-2-1-3-22(23)18-5-9-20(10-6-18)28-15-13-27(14-16-28)17-24(30)26-19-7-11-21(29)12-8-19/h1-12,29H,13-17H2,(H,26,30). The zero-order valence-corrected chi connectivity index (χ0v) is 16.6. The van der Waals surface area contributed by atoms with Crippen molar-refractivity contribution in [2.45, 2.75) is 0 Å². The van der Waals surface area contributed by atoms with Crippen molar-refractivity contribution in [3.05, 3.63) is 78.6 Å². The second kappa shape index (κ2) is 8.97. The van der Waals surface area contributed by atoms with E-state index < -0.39 is 0 Å². The fourth-order valence-electron chi connectivity index (χ4n) is 3.66. The van der Waals surface area contributed by atoms with Crippen LogP contribution in [0.1, 0.15) is 0 Å². The summed E-state index contributed by atoms with van der Waals surface area (Å²) in [5, 5.41) is 12.2. The number of amides is 1. The molecule has 0 aliphatic carbocycles. The summed E-state index contributed by atoms with van der Waals surface area (Å²) in [6.45, 7) is 3.56. The van der Waals surface area contributed by atoms with Crippen LogP contribution in [0.3, 0.4) is 0 Å². The van der Waals surface area contributed by atoms with Gasteiger partial charge in [-0.05, 0) is 48.0 Å². The molecule has 5 nitrogen and oxygen atoms in total. The van der Waals surface area contributed by atoms with E-state index in [4.69, 9.17) is 0 Å². The summed E-state index contributed by atoms with van der Waals surface area (Å²) in [7, 11) is 0. The second-order valence-electron chi connectivity index (χ2n) is 7.38. The van der Waals surface area contributed by atoms with Gasteiger partial charge < -0.3 is 15.3 Å². The third-order valence-corrected chi connectivity index (χ3v) is 5.31. The smallest absolute Gasteiger partial charge is 0.238 e. The van der Waals surface area contributed by atoms with Crippen LogP contribution in [-0.4, -0.2) is 48.6 Å². The maximum Gasteiger partial charge on any atom is 0.238 e. The molecule has 1 saturated heterocycles. The number of halogens is 1. The highest BCUT2D eigenvalue weighted by Crippen LogP contribution is 2.26. The lowest BCUT2D eigenvalue weighted by Gasteiger charge is -2.35. The zero-order valence-electron chi connectivity index (χ0n) is 16.6. The SMILES string of the molecule is O=C(CN1CCN(c2ccc(-c3ccccc3F)cc2)CC1)Nc1ccc(O)cc1. The molecule has 1 fully saturated rings. The molecule has 154 valence electrons. The monoisotopic (exact) mass is 405 g/mol. The van der Waals surface area contributed by atoms with Crippen molar-refractivity contribution in [2.75, 3.05) is 42.9 Å². The Morgan fingerprint density at radius 1 is 0.900 bits per heavy atom. The quantitative estimate of drug-likeness (QED) is 0.631. The molecular formula is C24H24FN3O2. The van der Waals surface area contributed by atoms with Crippen molar-refractivity contribution in [2.24, 2.45) is 0 Å². The highest BCUT2D eigenvalue weighted by molar-refractivity contribution is 5.92. The van der Waals surface area contributed by atoms with Crippen LogP contribution < -0.4 is 10.2 Å². The summed E-state index contributed by atoms with van der Waals surface area (Å²) in [5.41, 5.74) is 3.24. The fraction of sp³-hybridized carbons (Fsp3) is 0.208. The molecule has 0 saturated carbocycles. The second-order valence-corrected chi connectivity index (χ2v) is 7.38. The number of rotatable bonds is 5. The highest BCUT2D eigenvalue weighted by Gasteiger charge is 2.19. The Labute approximate surface area is 175 Å². The summed E-state index contributed by atoms with van der Waals surface area (Å²) < 4.78 is 14.0. The third-order valence-electron chi connectivity index (χ3n) is 5.31.